The van der Waals surface area contributed by atoms with Crippen LogP contribution in [0, 0.1) is 6.92 Å². The fourth-order valence-corrected chi connectivity index (χ4v) is 3.48. The predicted molar refractivity (Wildman–Crippen MR) is 122 cm³/mol. The molecule has 1 atom stereocenters. The van der Waals surface area contributed by atoms with Gasteiger partial charge in [-0.15, -0.1) is 0 Å². The lowest BCUT2D eigenvalue weighted by molar-refractivity contribution is 0.286. The fraction of sp³-hybridized carbons (Fsp3) is 0.250. The van der Waals surface area contributed by atoms with Crippen LogP contribution in [0.25, 0.3) is 22.0 Å². The second kappa shape index (κ2) is 9.59. The molecule has 0 saturated carbocycles. The van der Waals surface area contributed by atoms with Crippen LogP contribution < -0.4 is 20.9 Å². The van der Waals surface area contributed by atoms with Gasteiger partial charge in [0.1, 0.15) is 24.7 Å². The second-order valence-corrected chi connectivity index (χ2v) is 7.55. The first-order chi connectivity index (χ1) is 15.1. The van der Waals surface area contributed by atoms with Gasteiger partial charge in [-0.05, 0) is 54.8 Å². The molecule has 0 aliphatic rings. The van der Waals surface area contributed by atoms with Crippen LogP contribution in [0.3, 0.4) is 0 Å². The van der Waals surface area contributed by atoms with Crippen LogP contribution in [0.4, 0.5) is 0 Å². The van der Waals surface area contributed by atoms with E-state index in [1.807, 2.05) is 55.6 Å². The molecule has 0 amide bonds. The Hall–Kier alpha value is -3.42. The third-order valence-electron chi connectivity index (χ3n) is 5.04. The van der Waals surface area contributed by atoms with Gasteiger partial charge in [0.05, 0.1) is 11.7 Å². The number of H-pyrrole nitrogens is 1. The van der Waals surface area contributed by atoms with Gasteiger partial charge in [0, 0.05) is 35.4 Å². The number of aromatic amines is 1. The van der Waals surface area contributed by atoms with Crippen LogP contribution in [-0.4, -0.2) is 41.0 Å². The average Bonchev–Trinajstić information content (AvgIpc) is 3.17. The Labute approximate surface area is 181 Å². The largest absolute Gasteiger partial charge is 0.492 e. The van der Waals surface area contributed by atoms with Crippen molar-refractivity contribution < 1.29 is 9.47 Å². The Morgan fingerprint density at radius 1 is 1.00 bits per heavy atom. The van der Waals surface area contributed by atoms with E-state index in [-0.39, 0.29) is 6.04 Å². The molecule has 0 aliphatic carbocycles. The van der Waals surface area contributed by atoms with Crippen molar-refractivity contribution in [2.45, 2.75) is 19.4 Å². The molecule has 0 aliphatic heterocycles. The molecular weight excluding hydrogens is 390 g/mol. The highest BCUT2D eigenvalue weighted by molar-refractivity contribution is 5.86. The van der Waals surface area contributed by atoms with Crippen LogP contribution in [0.1, 0.15) is 11.3 Å². The molecule has 4 aromatic rings. The highest BCUT2D eigenvalue weighted by atomic mass is 16.5. The van der Waals surface area contributed by atoms with Gasteiger partial charge < -0.3 is 20.9 Å². The summed E-state index contributed by atoms with van der Waals surface area (Å²) >= 11 is 0. The summed E-state index contributed by atoms with van der Waals surface area (Å²) in [4.78, 5) is 4.34. The summed E-state index contributed by atoms with van der Waals surface area (Å²) in [5, 5.41) is 8.40. The minimum absolute atomic E-state index is 0.154. The molecule has 0 radical (unpaired) electrons. The van der Waals surface area contributed by atoms with E-state index in [2.05, 4.69) is 21.2 Å². The number of nitrogens with one attached hydrogen (secondary N) is 1. The summed E-state index contributed by atoms with van der Waals surface area (Å²) in [6.45, 7) is 3.38. The number of aromatic nitrogens is 3. The summed E-state index contributed by atoms with van der Waals surface area (Å²) in [5.74, 6) is 1.50. The monoisotopic (exact) mass is 417 g/mol. The van der Waals surface area contributed by atoms with Crippen LogP contribution >= 0.6 is 0 Å². The number of ether oxygens (including phenoxy) is 2. The molecule has 0 fully saturated rings. The third-order valence-corrected chi connectivity index (χ3v) is 5.04. The maximum atomic E-state index is 6.30. The molecule has 31 heavy (non-hydrogen) atoms. The number of rotatable bonds is 9. The minimum atomic E-state index is -0.154. The summed E-state index contributed by atoms with van der Waals surface area (Å²) in [7, 11) is 0. The zero-order valence-corrected chi connectivity index (χ0v) is 17.5. The first-order valence-corrected chi connectivity index (χ1v) is 10.3. The van der Waals surface area contributed by atoms with Crippen LogP contribution in [0.5, 0.6) is 11.5 Å². The highest BCUT2D eigenvalue weighted by Gasteiger charge is 2.09. The molecule has 7 heteroatoms. The Bertz CT molecular complexity index is 1160. The van der Waals surface area contributed by atoms with E-state index in [4.69, 9.17) is 20.9 Å². The van der Waals surface area contributed by atoms with Crippen LogP contribution in [-0.2, 0) is 6.42 Å². The molecule has 0 bridgehead atoms. The van der Waals surface area contributed by atoms with E-state index in [1.54, 1.807) is 6.20 Å². The lowest BCUT2D eigenvalue weighted by atomic mass is 10.0. The lowest BCUT2D eigenvalue weighted by Crippen LogP contribution is -2.30. The van der Waals surface area contributed by atoms with Crippen molar-refractivity contribution in [1.82, 2.24) is 15.2 Å². The molecule has 2 aromatic carbocycles. The van der Waals surface area contributed by atoms with Gasteiger partial charge >= 0.3 is 0 Å². The number of pyridine rings is 1. The number of aryl methyl sites for hydroxylation is 1. The SMILES string of the molecule is Cc1[nH]nc2ccc(-c3cncc(OC[C@@H](N)Cc4cccc(OCCN)c4)c3)cc12. The van der Waals surface area contributed by atoms with E-state index in [9.17, 15) is 0 Å². The number of hydrogen-bond acceptors (Lipinski definition) is 6. The van der Waals surface area contributed by atoms with Crippen LogP contribution in [0.2, 0.25) is 0 Å². The van der Waals surface area contributed by atoms with Gasteiger partial charge in [0.15, 0.2) is 0 Å². The van der Waals surface area contributed by atoms with Crippen molar-refractivity contribution in [2.24, 2.45) is 11.5 Å². The third kappa shape index (κ3) is 5.20. The zero-order valence-electron chi connectivity index (χ0n) is 17.5. The van der Waals surface area contributed by atoms with Gasteiger partial charge in [-0.1, -0.05) is 18.2 Å². The van der Waals surface area contributed by atoms with Crippen molar-refractivity contribution in [1.29, 1.82) is 0 Å². The van der Waals surface area contributed by atoms with Crippen molar-refractivity contribution in [2.75, 3.05) is 19.8 Å². The van der Waals surface area contributed by atoms with E-state index in [0.29, 0.717) is 31.9 Å². The van der Waals surface area contributed by atoms with E-state index in [1.165, 1.54) is 0 Å². The van der Waals surface area contributed by atoms with E-state index >= 15 is 0 Å². The van der Waals surface area contributed by atoms with Gasteiger partial charge in [-0.25, -0.2) is 0 Å². The van der Waals surface area contributed by atoms with E-state index in [0.717, 1.165) is 39.0 Å². The average molecular weight is 418 g/mol. The summed E-state index contributed by atoms with van der Waals surface area (Å²) in [6.07, 6.45) is 4.22. The van der Waals surface area contributed by atoms with Gasteiger partial charge in [-0.2, -0.15) is 5.10 Å². The fourth-order valence-electron chi connectivity index (χ4n) is 3.48. The van der Waals surface area contributed by atoms with Crippen molar-refractivity contribution in [3.63, 3.8) is 0 Å². The lowest BCUT2D eigenvalue weighted by Gasteiger charge is -2.14. The molecule has 7 nitrogen and oxygen atoms in total. The predicted octanol–water partition coefficient (Wildman–Crippen LogP) is 3.22. The first-order valence-electron chi connectivity index (χ1n) is 10.3. The number of hydrogen-bond donors (Lipinski definition) is 3. The molecule has 2 heterocycles. The van der Waals surface area contributed by atoms with Gasteiger partial charge in [-0.3, -0.25) is 10.1 Å². The smallest absolute Gasteiger partial charge is 0.138 e. The standard InChI is InChI=1S/C24H27N5O2/c1-16-23-12-18(5-6-24(23)29-28-16)19-11-22(14-27-13-19)31-15-20(26)9-17-3-2-4-21(10-17)30-8-7-25/h2-6,10-14,20H,7-9,15,25-26H2,1H3,(H,28,29)/t20-/m0/s1. The second-order valence-electron chi connectivity index (χ2n) is 7.55. The molecule has 2 aromatic heterocycles. The summed E-state index contributed by atoms with van der Waals surface area (Å²) in [6, 6.07) is 15.9. The Morgan fingerprint density at radius 2 is 1.90 bits per heavy atom. The molecule has 0 spiro atoms. The molecule has 160 valence electrons. The molecular formula is C24H27N5O2. The molecule has 5 N–H and O–H groups in total. The van der Waals surface area contributed by atoms with Crippen molar-refractivity contribution >= 4 is 10.9 Å². The zero-order chi connectivity index (χ0) is 21.6. The normalized spacial score (nSPS) is 12.1. The summed E-state index contributed by atoms with van der Waals surface area (Å²) in [5.41, 5.74) is 16.9. The van der Waals surface area contributed by atoms with Crippen molar-refractivity contribution in [3.05, 3.63) is 72.2 Å². The number of fused-ring (bicyclic) bond motifs is 1. The topological polar surface area (TPSA) is 112 Å². The molecule has 4 rings (SSSR count). The van der Waals surface area contributed by atoms with E-state index < -0.39 is 0 Å². The van der Waals surface area contributed by atoms with Crippen molar-refractivity contribution in [3.8, 4) is 22.6 Å². The minimum Gasteiger partial charge on any atom is -0.492 e. The maximum absolute atomic E-state index is 6.30. The van der Waals surface area contributed by atoms with Gasteiger partial charge in [0.2, 0.25) is 0 Å². The molecule has 0 unspecified atom stereocenters. The van der Waals surface area contributed by atoms with Gasteiger partial charge in [0.25, 0.3) is 0 Å². The number of benzene rings is 2. The quantitative estimate of drug-likeness (QED) is 0.385. The first kappa shape index (κ1) is 20.8. The molecule has 0 saturated heterocycles. The number of nitrogens with two attached hydrogens (primary N) is 2. The van der Waals surface area contributed by atoms with Crippen LogP contribution in [0.15, 0.2) is 60.9 Å². The maximum Gasteiger partial charge on any atom is 0.138 e. The Morgan fingerprint density at radius 3 is 2.77 bits per heavy atom. The summed E-state index contributed by atoms with van der Waals surface area (Å²) < 4.78 is 11.5. The Balaban J connectivity index is 1.39. The Kier molecular flexibility index (Phi) is 6.45. The highest BCUT2D eigenvalue weighted by Crippen LogP contribution is 2.27. The number of nitrogens with zero attached hydrogens (tertiary/aromatic N) is 2.